The van der Waals surface area contributed by atoms with Crippen LogP contribution in [-0.4, -0.2) is 30.6 Å². The smallest absolute Gasteiger partial charge is 0.306 e. The summed E-state index contributed by atoms with van der Waals surface area (Å²) in [5, 5.41) is 9.02. The third-order valence-electron chi connectivity index (χ3n) is 3.53. The number of nitrogens with two attached hydrogens (primary N) is 1. The van der Waals surface area contributed by atoms with E-state index in [2.05, 4.69) is 15.0 Å². The first-order valence-corrected chi connectivity index (χ1v) is 5.82. The normalized spacial score (nSPS) is 23.6. The Hall–Kier alpha value is -2.18. The van der Waals surface area contributed by atoms with E-state index in [1.807, 2.05) is 4.57 Å². The highest BCUT2D eigenvalue weighted by molar-refractivity contribution is 5.81. The molecule has 0 unspecified atom stereocenters. The number of fused-ring (bicyclic) bond motifs is 1. The maximum Gasteiger partial charge on any atom is 0.306 e. The Balaban J connectivity index is 1.96. The number of aromatic nitrogens is 4. The van der Waals surface area contributed by atoms with Crippen molar-refractivity contribution in [3.63, 3.8) is 0 Å². The summed E-state index contributed by atoms with van der Waals surface area (Å²) in [5.41, 5.74) is 6.98. The predicted octanol–water partition coefficient (Wildman–Crippen LogP) is 0.834. The van der Waals surface area contributed by atoms with Crippen molar-refractivity contribution in [3.05, 3.63) is 12.7 Å². The molecule has 0 radical (unpaired) electrons. The molecule has 7 nitrogen and oxygen atoms in total. The second kappa shape index (κ2) is 3.94. The molecule has 0 bridgehead atoms. The van der Waals surface area contributed by atoms with Gasteiger partial charge in [-0.05, 0) is 19.3 Å². The number of nitrogens with zero attached hydrogens (tertiary/aromatic N) is 4. The van der Waals surface area contributed by atoms with Crippen molar-refractivity contribution in [3.8, 4) is 0 Å². The Morgan fingerprint density at radius 2 is 2.22 bits per heavy atom. The Bertz CT molecular complexity index is 608. The van der Waals surface area contributed by atoms with Crippen LogP contribution in [0.5, 0.6) is 0 Å². The highest BCUT2D eigenvalue weighted by Crippen LogP contribution is 2.36. The maximum atomic E-state index is 11.0. The van der Waals surface area contributed by atoms with Gasteiger partial charge in [0, 0.05) is 6.04 Å². The van der Waals surface area contributed by atoms with Gasteiger partial charge in [0.25, 0.3) is 0 Å². The lowest BCUT2D eigenvalue weighted by molar-refractivity contribution is -0.141. The number of aliphatic carboxylic acids is 1. The fourth-order valence-electron chi connectivity index (χ4n) is 2.57. The Morgan fingerprint density at radius 3 is 2.94 bits per heavy atom. The lowest BCUT2D eigenvalue weighted by Gasteiger charge is -2.11. The minimum Gasteiger partial charge on any atom is -0.481 e. The molecule has 1 aliphatic carbocycles. The largest absolute Gasteiger partial charge is 0.481 e. The van der Waals surface area contributed by atoms with Gasteiger partial charge in [-0.15, -0.1) is 0 Å². The van der Waals surface area contributed by atoms with E-state index in [0.29, 0.717) is 29.8 Å². The lowest BCUT2D eigenvalue weighted by atomic mass is 10.1. The summed E-state index contributed by atoms with van der Waals surface area (Å²) in [4.78, 5) is 23.2. The number of hydrogen-bond donors (Lipinski definition) is 2. The predicted molar refractivity (Wildman–Crippen MR) is 63.7 cm³/mol. The highest BCUT2D eigenvalue weighted by atomic mass is 16.4. The van der Waals surface area contributed by atoms with Gasteiger partial charge in [0.15, 0.2) is 11.5 Å². The van der Waals surface area contributed by atoms with Gasteiger partial charge >= 0.3 is 5.97 Å². The molecule has 3 rings (SSSR count). The summed E-state index contributed by atoms with van der Waals surface area (Å²) in [6.07, 6.45) is 5.21. The third-order valence-corrected chi connectivity index (χ3v) is 3.53. The van der Waals surface area contributed by atoms with Crippen molar-refractivity contribution < 1.29 is 9.90 Å². The number of rotatable bonds is 2. The number of hydrogen-bond acceptors (Lipinski definition) is 5. The van der Waals surface area contributed by atoms with Crippen molar-refractivity contribution in [1.29, 1.82) is 0 Å². The molecule has 1 fully saturated rings. The Kier molecular flexibility index (Phi) is 2.39. The van der Waals surface area contributed by atoms with Gasteiger partial charge in [-0.3, -0.25) is 4.79 Å². The van der Waals surface area contributed by atoms with E-state index >= 15 is 0 Å². The zero-order chi connectivity index (χ0) is 12.7. The highest BCUT2D eigenvalue weighted by Gasteiger charge is 2.31. The molecule has 18 heavy (non-hydrogen) atoms. The monoisotopic (exact) mass is 247 g/mol. The summed E-state index contributed by atoms with van der Waals surface area (Å²) in [5.74, 6) is -0.644. The minimum atomic E-state index is -0.726. The van der Waals surface area contributed by atoms with Crippen LogP contribution in [0.2, 0.25) is 0 Å². The van der Waals surface area contributed by atoms with Crippen LogP contribution in [-0.2, 0) is 4.79 Å². The van der Waals surface area contributed by atoms with Gasteiger partial charge in [0.05, 0.1) is 12.2 Å². The van der Waals surface area contributed by atoms with Crippen LogP contribution in [0.25, 0.3) is 11.2 Å². The average Bonchev–Trinajstić information content (AvgIpc) is 2.94. The molecule has 2 aromatic rings. The fraction of sp³-hybridized carbons (Fsp3) is 0.455. The molecule has 0 aliphatic heterocycles. The maximum absolute atomic E-state index is 11.0. The van der Waals surface area contributed by atoms with E-state index in [4.69, 9.17) is 10.8 Å². The third kappa shape index (κ3) is 1.59. The molecular weight excluding hydrogens is 234 g/mol. The van der Waals surface area contributed by atoms with Crippen molar-refractivity contribution in [2.75, 3.05) is 5.73 Å². The van der Waals surface area contributed by atoms with Crippen molar-refractivity contribution in [2.45, 2.75) is 25.3 Å². The molecule has 2 heterocycles. The number of imidazole rings is 1. The first-order valence-electron chi connectivity index (χ1n) is 5.82. The molecule has 94 valence electrons. The average molecular weight is 247 g/mol. The number of carbonyl (C=O) groups is 1. The van der Waals surface area contributed by atoms with Crippen molar-refractivity contribution in [1.82, 2.24) is 19.5 Å². The van der Waals surface area contributed by atoms with Crippen LogP contribution in [0, 0.1) is 5.92 Å². The molecule has 1 aliphatic rings. The van der Waals surface area contributed by atoms with Gasteiger partial charge in [-0.25, -0.2) is 15.0 Å². The van der Waals surface area contributed by atoms with Gasteiger partial charge in [0.1, 0.15) is 11.8 Å². The van der Waals surface area contributed by atoms with E-state index in [0.717, 1.165) is 6.42 Å². The van der Waals surface area contributed by atoms with Crippen molar-refractivity contribution in [2.24, 2.45) is 5.92 Å². The van der Waals surface area contributed by atoms with Crippen LogP contribution < -0.4 is 5.73 Å². The molecule has 0 amide bonds. The van der Waals surface area contributed by atoms with Crippen molar-refractivity contribution >= 4 is 23.0 Å². The zero-order valence-corrected chi connectivity index (χ0v) is 9.65. The fourth-order valence-corrected chi connectivity index (χ4v) is 2.57. The number of anilines is 1. The second-order valence-corrected chi connectivity index (χ2v) is 4.58. The number of carboxylic acid groups (broad SMARTS) is 1. The van der Waals surface area contributed by atoms with Gasteiger partial charge in [0.2, 0.25) is 0 Å². The SMILES string of the molecule is Nc1ncnc2c1ncn2[C@@H]1CC[C@H](C(=O)O)C1. The molecule has 3 N–H and O–H groups in total. The van der Waals surface area contributed by atoms with E-state index in [9.17, 15) is 4.79 Å². The first kappa shape index (κ1) is 10.9. The molecular formula is C11H13N5O2. The van der Waals surface area contributed by atoms with Crippen LogP contribution >= 0.6 is 0 Å². The minimum absolute atomic E-state index is 0.130. The summed E-state index contributed by atoms with van der Waals surface area (Å²) < 4.78 is 1.91. The topological polar surface area (TPSA) is 107 Å². The molecule has 0 saturated heterocycles. The molecule has 0 spiro atoms. The van der Waals surface area contributed by atoms with Gasteiger partial charge < -0.3 is 15.4 Å². The van der Waals surface area contributed by atoms with Crippen LogP contribution in [0.4, 0.5) is 5.82 Å². The number of nitrogen functional groups attached to an aromatic ring is 1. The molecule has 2 aromatic heterocycles. The molecule has 2 atom stereocenters. The second-order valence-electron chi connectivity index (χ2n) is 4.58. The lowest BCUT2D eigenvalue weighted by Crippen LogP contribution is -2.11. The summed E-state index contributed by atoms with van der Waals surface area (Å²) in [7, 11) is 0. The zero-order valence-electron chi connectivity index (χ0n) is 9.65. The standard InChI is InChI=1S/C11H13N5O2/c12-9-8-10(14-4-13-9)16(5-15-8)7-2-1-6(3-7)11(17)18/h4-7H,1-3H2,(H,17,18)(H2,12,13,14)/t6-,7+/m0/s1. The molecule has 7 heteroatoms. The van der Waals surface area contributed by atoms with E-state index in [-0.39, 0.29) is 12.0 Å². The summed E-state index contributed by atoms with van der Waals surface area (Å²) in [6.45, 7) is 0. The Morgan fingerprint density at radius 1 is 1.39 bits per heavy atom. The summed E-state index contributed by atoms with van der Waals surface area (Å²) >= 11 is 0. The van der Waals surface area contributed by atoms with Crippen LogP contribution in [0.1, 0.15) is 25.3 Å². The van der Waals surface area contributed by atoms with E-state index in [1.54, 1.807) is 6.33 Å². The van der Waals surface area contributed by atoms with E-state index in [1.165, 1.54) is 6.33 Å². The van der Waals surface area contributed by atoms with Gasteiger partial charge in [-0.2, -0.15) is 0 Å². The first-order chi connectivity index (χ1) is 8.66. The quantitative estimate of drug-likeness (QED) is 0.814. The Labute approximate surface area is 103 Å². The van der Waals surface area contributed by atoms with E-state index < -0.39 is 5.97 Å². The van der Waals surface area contributed by atoms with Crippen LogP contribution in [0.15, 0.2) is 12.7 Å². The van der Waals surface area contributed by atoms with Crippen LogP contribution in [0.3, 0.4) is 0 Å². The summed E-state index contributed by atoms with van der Waals surface area (Å²) in [6, 6.07) is 0.130. The molecule has 0 aromatic carbocycles. The molecule has 1 saturated carbocycles. The van der Waals surface area contributed by atoms with Gasteiger partial charge in [-0.1, -0.05) is 0 Å². The number of carboxylic acids is 1.